The minimum atomic E-state index is -4.84. The average molecular weight is 551 g/mol. The summed E-state index contributed by atoms with van der Waals surface area (Å²) in [6.07, 6.45) is -3.41. The van der Waals surface area contributed by atoms with E-state index < -0.39 is 12.1 Å². The van der Waals surface area contributed by atoms with Crippen LogP contribution in [-0.2, 0) is 4.74 Å². The number of aromatic nitrogens is 3. The Hall–Kier alpha value is -1.60. The van der Waals surface area contributed by atoms with Crippen LogP contribution in [0.4, 0.5) is 19.0 Å². The van der Waals surface area contributed by atoms with Gasteiger partial charge in [-0.1, -0.05) is 22.6 Å². The number of ether oxygens (including phenoxy) is 2. The van der Waals surface area contributed by atoms with E-state index in [1.807, 2.05) is 24.6 Å². The summed E-state index contributed by atoms with van der Waals surface area (Å²) < 4.78 is 49.6. The third-order valence-electron chi connectivity index (χ3n) is 5.92. The summed E-state index contributed by atoms with van der Waals surface area (Å²) in [5.74, 6) is 0.690. The quantitative estimate of drug-likeness (QED) is 0.318. The van der Waals surface area contributed by atoms with Crippen molar-refractivity contribution in [1.29, 1.82) is 0 Å². The minimum absolute atomic E-state index is 0.125. The highest BCUT2D eigenvalue weighted by Gasteiger charge is 2.58. The Bertz CT molecular complexity index is 939. The van der Waals surface area contributed by atoms with Crippen molar-refractivity contribution in [2.45, 2.75) is 36.2 Å². The van der Waals surface area contributed by atoms with Gasteiger partial charge in [0.05, 0.1) is 16.3 Å². The predicted molar refractivity (Wildman–Crippen MR) is 118 cm³/mol. The Balaban J connectivity index is 1.57. The second-order valence-corrected chi connectivity index (χ2v) is 9.78. The molecule has 2 fully saturated rings. The Morgan fingerprint density at radius 3 is 2.52 bits per heavy atom. The summed E-state index contributed by atoms with van der Waals surface area (Å²) in [4.78, 5) is 6.31. The molecule has 31 heavy (non-hydrogen) atoms. The molecule has 2 aromatic rings. The number of fused-ring (bicyclic) bond motifs is 1. The molecular weight excluding hydrogens is 526 g/mol. The number of piperidine rings is 1. The molecule has 0 bridgehead atoms. The highest BCUT2D eigenvalue weighted by molar-refractivity contribution is 14.1. The van der Waals surface area contributed by atoms with Crippen LogP contribution in [0.5, 0.6) is 5.75 Å². The van der Waals surface area contributed by atoms with Crippen molar-refractivity contribution in [3.63, 3.8) is 0 Å². The Morgan fingerprint density at radius 1 is 1.26 bits per heavy atom. The maximum atomic E-state index is 12.7. The molecule has 1 unspecified atom stereocenters. The summed E-state index contributed by atoms with van der Waals surface area (Å²) >= 11 is 2.41. The van der Waals surface area contributed by atoms with Gasteiger partial charge in [-0.15, -0.1) is 13.2 Å². The zero-order valence-electron chi connectivity index (χ0n) is 17.4. The fourth-order valence-corrected chi connectivity index (χ4v) is 5.30. The minimum Gasteiger partial charge on any atom is -0.402 e. The van der Waals surface area contributed by atoms with Gasteiger partial charge < -0.3 is 15.2 Å². The predicted octanol–water partition coefficient (Wildman–Crippen LogP) is 4.06. The van der Waals surface area contributed by atoms with Crippen LogP contribution in [0.25, 0.3) is 11.3 Å². The molecule has 0 amide bonds. The number of nitrogen functional groups attached to an aromatic ring is 1. The molecule has 0 aromatic carbocycles. The van der Waals surface area contributed by atoms with Crippen molar-refractivity contribution in [1.82, 2.24) is 19.7 Å². The SMILES string of the molecule is COCC(I)N1C[C@@H]2[C@H](C1)[C@H]2c1cc(-c2cnc(N)c(OC(F)(F)F)c2)nn1C(C)C. The first-order chi connectivity index (χ1) is 14.6. The summed E-state index contributed by atoms with van der Waals surface area (Å²) in [6, 6.07) is 3.34. The molecule has 170 valence electrons. The van der Waals surface area contributed by atoms with Crippen LogP contribution in [0.3, 0.4) is 0 Å². The molecule has 3 heterocycles. The number of nitrogens with two attached hydrogens (primary N) is 1. The second-order valence-electron chi connectivity index (χ2n) is 8.35. The van der Waals surface area contributed by atoms with Gasteiger partial charge in [0.1, 0.15) is 0 Å². The van der Waals surface area contributed by atoms with Crippen molar-refractivity contribution >= 4 is 28.4 Å². The molecule has 0 spiro atoms. The highest BCUT2D eigenvalue weighted by Crippen LogP contribution is 2.59. The Kier molecular flexibility index (Phi) is 6.12. The molecule has 4 atom stereocenters. The summed E-state index contributed by atoms with van der Waals surface area (Å²) in [6.45, 7) is 6.81. The van der Waals surface area contributed by atoms with Crippen LogP contribution in [0.15, 0.2) is 18.3 Å². The van der Waals surface area contributed by atoms with Crippen LogP contribution in [0.2, 0.25) is 0 Å². The molecule has 11 heteroatoms. The number of pyridine rings is 1. The molecule has 2 aromatic heterocycles. The van der Waals surface area contributed by atoms with E-state index in [9.17, 15) is 13.2 Å². The van der Waals surface area contributed by atoms with E-state index in [-0.39, 0.29) is 11.9 Å². The van der Waals surface area contributed by atoms with Gasteiger partial charge in [-0.3, -0.25) is 9.58 Å². The lowest BCUT2D eigenvalue weighted by Gasteiger charge is -2.25. The molecule has 1 aliphatic heterocycles. The van der Waals surface area contributed by atoms with Gasteiger partial charge in [-0.05, 0) is 37.8 Å². The lowest BCUT2D eigenvalue weighted by atomic mass is 10.1. The number of methoxy groups -OCH3 is 1. The van der Waals surface area contributed by atoms with Crippen LogP contribution in [0.1, 0.15) is 31.5 Å². The van der Waals surface area contributed by atoms with Crippen molar-refractivity contribution < 1.29 is 22.6 Å². The van der Waals surface area contributed by atoms with Gasteiger partial charge in [-0.2, -0.15) is 5.10 Å². The largest absolute Gasteiger partial charge is 0.573 e. The number of likely N-dealkylation sites (tertiary alicyclic amines) is 1. The number of rotatable bonds is 7. The van der Waals surface area contributed by atoms with E-state index in [2.05, 4.69) is 42.3 Å². The van der Waals surface area contributed by atoms with E-state index in [1.165, 1.54) is 12.3 Å². The first kappa shape index (κ1) is 22.6. The number of anilines is 1. The maximum absolute atomic E-state index is 12.7. The molecule has 2 N–H and O–H groups in total. The monoisotopic (exact) mass is 551 g/mol. The van der Waals surface area contributed by atoms with E-state index in [4.69, 9.17) is 10.5 Å². The zero-order chi connectivity index (χ0) is 22.5. The molecule has 0 radical (unpaired) electrons. The van der Waals surface area contributed by atoms with Gasteiger partial charge >= 0.3 is 6.36 Å². The van der Waals surface area contributed by atoms with E-state index >= 15 is 0 Å². The molecule has 7 nitrogen and oxygen atoms in total. The Labute approximate surface area is 192 Å². The van der Waals surface area contributed by atoms with Crippen molar-refractivity contribution in [2.24, 2.45) is 11.8 Å². The summed E-state index contributed by atoms with van der Waals surface area (Å²) in [7, 11) is 1.71. The first-order valence-electron chi connectivity index (χ1n) is 10.1. The third-order valence-corrected chi connectivity index (χ3v) is 7.07. The fraction of sp³-hybridized carbons (Fsp3) is 0.600. The van der Waals surface area contributed by atoms with Crippen LogP contribution in [0, 0.1) is 11.8 Å². The van der Waals surface area contributed by atoms with Crippen LogP contribution in [-0.4, -0.2) is 56.9 Å². The standard InChI is InChI=1S/C20H25F3IN5O2/c1-10(2)29-15(18-12-7-28(8-13(12)18)17(24)9-30-3)5-14(27-29)11-4-16(19(25)26-6-11)31-20(21,22)23/h4-6,10,12-13,17-18H,7-9H2,1-3H3,(H2,25,26)/t12-,13+,17?,18+. The topological polar surface area (TPSA) is 78.4 Å². The molecule has 1 aliphatic carbocycles. The molecule has 1 saturated heterocycles. The molecule has 1 saturated carbocycles. The van der Waals surface area contributed by atoms with Gasteiger partial charge in [0.25, 0.3) is 0 Å². The second kappa shape index (κ2) is 8.39. The van der Waals surface area contributed by atoms with Crippen LogP contribution < -0.4 is 10.5 Å². The lowest BCUT2D eigenvalue weighted by Crippen LogP contribution is -2.34. The number of alkyl halides is 4. The molecule has 2 aliphatic rings. The van der Waals surface area contributed by atoms with Gasteiger partial charge in [-0.25, -0.2) is 4.98 Å². The van der Waals surface area contributed by atoms with Gasteiger partial charge in [0.15, 0.2) is 11.6 Å². The van der Waals surface area contributed by atoms with Crippen molar-refractivity contribution in [3.8, 4) is 17.0 Å². The summed E-state index contributed by atoms with van der Waals surface area (Å²) in [5.41, 5.74) is 7.68. The average Bonchev–Trinajstić information content (AvgIpc) is 3.05. The Morgan fingerprint density at radius 2 is 1.94 bits per heavy atom. The first-order valence-corrected chi connectivity index (χ1v) is 11.3. The van der Waals surface area contributed by atoms with Gasteiger partial charge in [0.2, 0.25) is 0 Å². The maximum Gasteiger partial charge on any atom is 0.573 e. The van der Waals surface area contributed by atoms with E-state index in [0.717, 1.165) is 18.8 Å². The molecule has 4 rings (SSSR count). The van der Waals surface area contributed by atoms with Crippen molar-refractivity contribution in [2.75, 3.05) is 32.5 Å². The van der Waals surface area contributed by atoms with Gasteiger partial charge in [0, 0.05) is 49.6 Å². The van der Waals surface area contributed by atoms with Crippen molar-refractivity contribution in [3.05, 3.63) is 24.0 Å². The lowest BCUT2D eigenvalue weighted by molar-refractivity contribution is -0.274. The summed E-state index contributed by atoms with van der Waals surface area (Å²) in [5, 5.41) is 4.68. The van der Waals surface area contributed by atoms with Crippen LogP contribution >= 0.6 is 22.6 Å². The normalized spacial score (nSPS) is 24.5. The number of hydrogen-bond donors (Lipinski definition) is 1. The van der Waals surface area contributed by atoms with E-state index in [0.29, 0.717) is 39.7 Å². The zero-order valence-corrected chi connectivity index (χ0v) is 19.6. The molecular formula is C20H25F3IN5O2. The number of hydrogen-bond acceptors (Lipinski definition) is 6. The number of nitrogens with zero attached hydrogens (tertiary/aromatic N) is 4. The highest BCUT2D eigenvalue weighted by atomic mass is 127. The number of halogens is 4. The third kappa shape index (κ3) is 4.63. The fourth-order valence-electron chi connectivity index (χ4n) is 4.48. The van der Waals surface area contributed by atoms with E-state index in [1.54, 1.807) is 7.11 Å². The smallest absolute Gasteiger partial charge is 0.402 e.